The zero-order valence-electron chi connectivity index (χ0n) is 12.0. The Kier molecular flexibility index (Phi) is 5.73. The average Bonchev–Trinajstić information content (AvgIpc) is 3.07. The molecule has 0 spiro atoms. The predicted octanol–water partition coefficient (Wildman–Crippen LogP) is 1.21. The van der Waals surface area contributed by atoms with Gasteiger partial charge in [0.25, 0.3) is 5.91 Å². The molecule has 22 heavy (non-hydrogen) atoms. The van der Waals surface area contributed by atoms with Gasteiger partial charge in [0, 0.05) is 19.5 Å². The number of hydrogen-bond acceptors (Lipinski definition) is 4. The lowest BCUT2D eigenvalue weighted by atomic mass is 10.1. The van der Waals surface area contributed by atoms with E-state index in [-0.39, 0.29) is 37.1 Å². The van der Waals surface area contributed by atoms with Crippen molar-refractivity contribution < 1.29 is 19.1 Å². The Hall–Kier alpha value is -2.60. The molecule has 2 amide bonds. The first-order valence-corrected chi connectivity index (χ1v) is 6.96. The number of furan rings is 1. The predicted molar refractivity (Wildman–Crippen MR) is 79.9 cm³/mol. The van der Waals surface area contributed by atoms with Gasteiger partial charge in [-0.2, -0.15) is 0 Å². The summed E-state index contributed by atoms with van der Waals surface area (Å²) < 4.78 is 4.95. The average molecular weight is 302 g/mol. The standard InChI is InChI=1S/C16H18N2O4/c19-11-13-5-2-1-4-12(13)10-18-15(20)7-8-17-16(21)14-6-3-9-22-14/h1-6,9,19H,7-8,10-11H2,(H,17,21)(H,18,20). The smallest absolute Gasteiger partial charge is 0.286 e. The number of benzene rings is 1. The number of carbonyl (C=O) groups excluding carboxylic acids is 2. The molecule has 0 radical (unpaired) electrons. The van der Waals surface area contributed by atoms with Crippen LogP contribution in [0.5, 0.6) is 0 Å². The normalized spacial score (nSPS) is 10.2. The molecular weight excluding hydrogens is 284 g/mol. The summed E-state index contributed by atoms with van der Waals surface area (Å²) in [7, 11) is 0. The molecule has 0 unspecified atom stereocenters. The topological polar surface area (TPSA) is 91.6 Å². The van der Waals surface area contributed by atoms with Gasteiger partial charge in [0.15, 0.2) is 5.76 Å². The fraction of sp³-hybridized carbons (Fsp3) is 0.250. The highest BCUT2D eigenvalue weighted by Crippen LogP contribution is 2.08. The van der Waals surface area contributed by atoms with Crippen LogP contribution in [0.2, 0.25) is 0 Å². The van der Waals surface area contributed by atoms with Crippen LogP contribution in [0.3, 0.4) is 0 Å². The lowest BCUT2D eigenvalue weighted by Crippen LogP contribution is -2.30. The molecule has 0 fully saturated rings. The van der Waals surface area contributed by atoms with E-state index in [9.17, 15) is 14.7 Å². The van der Waals surface area contributed by atoms with Crippen LogP contribution in [0.1, 0.15) is 28.1 Å². The van der Waals surface area contributed by atoms with Gasteiger partial charge in [0.2, 0.25) is 5.91 Å². The van der Waals surface area contributed by atoms with Gasteiger partial charge in [-0.05, 0) is 23.3 Å². The van der Waals surface area contributed by atoms with Crippen molar-refractivity contribution in [2.45, 2.75) is 19.6 Å². The van der Waals surface area contributed by atoms with Crippen molar-refractivity contribution in [1.82, 2.24) is 10.6 Å². The maximum Gasteiger partial charge on any atom is 0.286 e. The first-order valence-electron chi connectivity index (χ1n) is 6.96. The molecular formula is C16H18N2O4. The van der Waals surface area contributed by atoms with Gasteiger partial charge in [-0.15, -0.1) is 0 Å². The number of hydrogen-bond donors (Lipinski definition) is 3. The second-order valence-electron chi connectivity index (χ2n) is 4.69. The molecule has 0 saturated carbocycles. The van der Waals surface area contributed by atoms with Crippen LogP contribution in [0.4, 0.5) is 0 Å². The van der Waals surface area contributed by atoms with E-state index in [2.05, 4.69) is 10.6 Å². The first-order chi connectivity index (χ1) is 10.7. The highest BCUT2D eigenvalue weighted by atomic mass is 16.3. The van der Waals surface area contributed by atoms with Gasteiger partial charge < -0.3 is 20.2 Å². The Morgan fingerprint density at radius 1 is 1.05 bits per heavy atom. The van der Waals surface area contributed by atoms with Gasteiger partial charge in [-0.25, -0.2) is 0 Å². The minimum Gasteiger partial charge on any atom is -0.459 e. The summed E-state index contributed by atoms with van der Waals surface area (Å²) in [5, 5.41) is 14.6. The molecule has 1 aromatic carbocycles. The Morgan fingerprint density at radius 3 is 2.50 bits per heavy atom. The fourth-order valence-corrected chi connectivity index (χ4v) is 1.95. The second kappa shape index (κ2) is 7.99. The van der Waals surface area contributed by atoms with Crippen LogP contribution in [0.15, 0.2) is 47.1 Å². The Balaban J connectivity index is 1.71. The largest absolute Gasteiger partial charge is 0.459 e. The molecule has 1 aromatic heterocycles. The molecule has 0 aliphatic carbocycles. The Morgan fingerprint density at radius 2 is 1.82 bits per heavy atom. The monoisotopic (exact) mass is 302 g/mol. The van der Waals surface area contributed by atoms with Gasteiger partial charge in [0.1, 0.15) is 0 Å². The van der Waals surface area contributed by atoms with E-state index in [4.69, 9.17) is 4.42 Å². The fourth-order valence-electron chi connectivity index (χ4n) is 1.95. The van der Waals surface area contributed by atoms with E-state index >= 15 is 0 Å². The van der Waals surface area contributed by atoms with Crippen molar-refractivity contribution in [3.63, 3.8) is 0 Å². The summed E-state index contributed by atoms with van der Waals surface area (Å²) in [6.07, 6.45) is 1.59. The molecule has 6 nitrogen and oxygen atoms in total. The van der Waals surface area contributed by atoms with E-state index < -0.39 is 0 Å². The first kappa shape index (κ1) is 15.8. The maximum atomic E-state index is 11.7. The number of carbonyl (C=O) groups is 2. The molecule has 3 N–H and O–H groups in total. The highest BCUT2D eigenvalue weighted by molar-refractivity contribution is 5.91. The van der Waals surface area contributed by atoms with Crippen molar-refractivity contribution >= 4 is 11.8 Å². The van der Waals surface area contributed by atoms with E-state index in [1.165, 1.54) is 6.26 Å². The zero-order valence-corrected chi connectivity index (χ0v) is 12.0. The van der Waals surface area contributed by atoms with Crippen molar-refractivity contribution in [2.24, 2.45) is 0 Å². The van der Waals surface area contributed by atoms with E-state index in [1.807, 2.05) is 24.3 Å². The molecule has 0 aliphatic heterocycles. The Bertz CT molecular complexity index is 623. The van der Waals surface area contributed by atoms with Crippen LogP contribution in [0.25, 0.3) is 0 Å². The van der Waals surface area contributed by atoms with Gasteiger partial charge >= 0.3 is 0 Å². The van der Waals surface area contributed by atoms with Crippen LogP contribution >= 0.6 is 0 Å². The molecule has 6 heteroatoms. The number of aliphatic hydroxyl groups excluding tert-OH is 1. The van der Waals surface area contributed by atoms with Crippen molar-refractivity contribution in [3.05, 3.63) is 59.5 Å². The van der Waals surface area contributed by atoms with E-state index in [0.717, 1.165) is 11.1 Å². The molecule has 0 saturated heterocycles. The van der Waals surface area contributed by atoms with Crippen LogP contribution < -0.4 is 10.6 Å². The molecule has 0 aliphatic rings. The third-order valence-electron chi connectivity index (χ3n) is 3.15. The lowest BCUT2D eigenvalue weighted by molar-refractivity contribution is -0.121. The van der Waals surface area contributed by atoms with E-state index in [0.29, 0.717) is 6.54 Å². The summed E-state index contributed by atoms with van der Waals surface area (Å²) in [5.74, 6) is -0.298. The van der Waals surface area contributed by atoms with Crippen LogP contribution in [-0.4, -0.2) is 23.5 Å². The number of amides is 2. The molecule has 2 rings (SSSR count). The third-order valence-corrected chi connectivity index (χ3v) is 3.15. The summed E-state index contributed by atoms with van der Waals surface area (Å²) in [6, 6.07) is 10.5. The zero-order chi connectivity index (χ0) is 15.8. The van der Waals surface area contributed by atoms with Crippen LogP contribution in [0, 0.1) is 0 Å². The molecule has 116 valence electrons. The van der Waals surface area contributed by atoms with Gasteiger partial charge in [-0.3, -0.25) is 9.59 Å². The summed E-state index contributed by atoms with van der Waals surface area (Å²) in [4.78, 5) is 23.3. The maximum absolute atomic E-state index is 11.7. The number of rotatable bonds is 7. The summed E-state index contributed by atoms with van der Waals surface area (Å²) in [6.45, 7) is 0.514. The quantitative estimate of drug-likeness (QED) is 0.717. The Labute approximate surface area is 128 Å². The highest BCUT2D eigenvalue weighted by Gasteiger charge is 2.09. The van der Waals surface area contributed by atoms with Crippen LogP contribution in [-0.2, 0) is 17.9 Å². The van der Waals surface area contributed by atoms with Crippen molar-refractivity contribution in [1.29, 1.82) is 0 Å². The van der Waals surface area contributed by atoms with E-state index in [1.54, 1.807) is 12.1 Å². The summed E-state index contributed by atoms with van der Waals surface area (Å²) in [5.41, 5.74) is 1.66. The number of aliphatic hydroxyl groups is 1. The minimum atomic E-state index is -0.344. The minimum absolute atomic E-state index is 0.0642. The lowest BCUT2D eigenvalue weighted by Gasteiger charge is -2.09. The number of nitrogens with one attached hydrogen (secondary N) is 2. The molecule has 1 heterocycles. The van der Waals surface area contributed by atoms with Crippen molar-refractivity contribution in [2.75, 3.05) is 6.54 Å². The second-order valence-corrected chi connectivity index (χ2v) is 4.69. The third kappa shape index (κ3) is 4.46. The van der Waals surface area contributed by atoms with Gasteiger partial charge in [-0.1, -0.05) is 24.3 Å². The molecule has 2 aromatic rings. The van der Waals surface area contributed by atoms with Crippen molar-refractivity contribution in [3.8, 4) is 0 Å². The summed E-state index contributed by atoms with van der Waals surface area (Å²) >= 11 is 0. The molecule has 0 bridgehead atoms. The van der Waals surface area contributed by atoms with Gasteiger partial charge in [0.05, 0.1) is 12.9 Å². The molecule has 0 atom stereocenters. The SMILES string of the molecule is O=C(CCNC(=O)c1ccco1)NCc1ccccc1CO.